The molecule has 232 valence electrons. The number of nitrogens with one attached hydrogen (secondary N) is 1. The van der Waals surface area contributed by atoms with Crippen LogP contribution in [0.1, 0.15) is 19.4 Å². The minimum absolute atomic E-state index is 0. The van der Waals surface area contributed by atoms with Crippen LogP contribution in [0.5, 0.6) is 5.75 Å². The number of aliphatic hydroxyl groups is 1. The van der Waals surface area contributed by atoms with Crippen molar-refractivity contribution in [3.05, 3.63) is 54.4 Å². The molecule has 12 nitrogen and oxygen atoms in total. The first kappa shape index (κ1) is 31.1. The molecular weight excluding hydrogens is 567 g/mol. The van der Waals surface area contributed by atoms with Crippen molar-refractivity contribution in [1.29, 1.82) is 5.26 Å². The second-order valence-electron chi connectivity index (χ2n) is 10.8. The molecule has 0 saturated carbocycles. The van der Waals surface area contributed by atoms with E-state index in [1.165, 1.54) is 16.9 Å². The maximum Gasteiger partial charge on any atom is 0.248 e. The highest BCUT2D eigenvalue weighted by atomic mass is 19.1. The fraction of sp³-hybridized carbons (Fsp3) is 0.452. The van der Waals surface area contributed by atoms with Gasteiger partial charge < -0.3 is 29.7 Å². The van der Waals surface area contributed by atoms with Crippen molar-refractivity contribution in [3.63, 3.8) is 0 Å². The smallest absolute Gasteiger partial charge is 0.248 e. The van der Waals surface area contributed by atoms with Crippen LogP contribution >= 0.6 is 0 Å². The minimum atomic E-state index is -1.44. The summed E-state index contributed by atoms with van der Waals surface area (Å²) in [5.41, 5.74) is 2.80. The summed E-state index contributed by atoms with van der Waals surface area (Å²) >= 11 is 0. The zero-order valence-corrected chi connectivity index (χ0v) is 23.6. The van der Waals surface area contributed by atoms with Gasteiger partial charge in [-0.1, -0.05) is 7.43 Å². The van der Waals surface area contributed by atoms with Crippen LogP contribution in [-0.4, -0.2) is 113 Å². The van der Waals surface area contributed by atoms with Crippen LogP contribution in [0.2, 0.25) is 0 Å². The van der Waals surface area contributed by atoms with E-state index in [-0.39, 0.29) is 38.2 Å². The van der Waals surface area contributed by atoms with E-state index in [4.69, 9.17) is 14.6 Å². The van der Waals surface area contributed by atoms with Crippen molar-refractivity contribution in [3.8, 4) is 23.2 Å². The number of piperidine rings is 1. The molecule has 0 unspecified atom stereocenters. The first-order chi connectivity index (χ1) is 21.0. The van der Waals surface area contributed by atoms with Gasteiger partial charge in [0.1, 0.15) is 30.9 Å². The van der Waals surface area contributed by atoms with Crippen molar-refractivity contribution in [1.82, 2.24) is 24.8 Å². The van der Waals surface area contributed by atoms with Gasteiger partial charge in [-0.05, 0) is 42.5 Å². The lowest BCUT2D eigenvalue weighted by molar-refractivity contribution is -0.138. The van der Waals surface area contributed by atoms with Gasteiger partial charge in [-0.25, -0.2) is 14.4 Å². The molecule has 0 aliphatic carbocycles. The van der Waals surface area contributed by atoms with Gasteiger partial charge in [0.05, 0.1) is 31.4 Å². The van der Waals surface area contributed by atoms with Crippen LogP contribution in [-0.2, 0) is 9.53 Å². The predicted molar refractivity (Wildman–Crippen MR) is 162 cm³/mol. The SMILES string of the molecule is C.N#Cc1cc(-c2ncnc(Nc3ccc(N4CCN(C5COC5)CC4)cc3)n2)ccc1O[C@H]1CCN(C(=O)CO)C[C@H]1F. The fourth-order valence-corrected chi connectivity index (χ4v) is 5.52. The lowest BCUT2D eigenvalue weighted by atomic mass is 10.0. The molecule has 6 rings (SSSR count). The van der Waals surface area contributed by atoms with E-state index >= 15 is 0 Å². The van der Waals surface area contributed by atoms with Gasteiger partial charge in [-0.15, -0.1) is 0 Å². The van der Waals surface area contributed by atoms with Crippen LogP contribution < -0.4 is 15.0 Å². The monoisotopic (exact) mass is 604 g/mol. The summed E-state index contributed by atoms with van der Waals surface area (Å²) < 4.78 is 25.9. The number of likely N-dealkylation sites (tertiary alicyclic amines) is 1. The summed E-state index contributed by atoms with van der Waals surface area (Å²) in [6, 6.07) is 15.7. The number of halogens is 1. The molecule has 3 aliphatic rings. The molecule has 3 aromatic rings. The summed E-state index contributed by atoms with van der Waals surface area (Å²) in [6.07, 6.45) is -0.612. The number of aromatic nitrogens is 3. The van der Waals surface area contributed by atoms with Gasteiger partial charge in [0.25, 0.3) is 0 Å². The second-order valence-corrected chi connectivity index (χ2v) is 10.8. The number of rotatable bonds is 8. The fourth-order valence-electron chi connectivity index (χ4n) is 5.52. The summed E-state index contributed by atoms with van der Waals surface area (Å²) in [5, 5.41) is 22.0. The Morgan fingerprint density at radius 3 is 2.55 bits per heavy atom. The molecule has 0 bridgehead atoms. The molecule has 2 N–H and O–H groups in total. The van der Waals surface area contributed by atoms with E-state index < -0.39 is 24.8 Å². The lowest BCUT2D eigenvalue weighted by Crippen LogP contribution is -2.56. The Balaban J connectivity index is 0.00000384. The summed E-state index contributed by atoms with van der Waals surface area (Å²) in [5.74, 6) is 0.450. The van der Waals surface area contributed by atoms with Crippen LogP contribution in [0.15, 0.2) is 48.8 Å². The summed E-state index contributed by atoms with van der Waals surface area (Å²) in [6.45, 7) is 5.16. The molecule has 1 amide bonds. The molecule has 3 aliphatic heterocycles. The number of piperazine rings is 1. The summed E-state index contributed by atoms with van der Waals surface area (Å²) in [7, 11) is 0. The molecule has 0 radical (unpaired) electrons. The Bertz CT molecular complexity index is 1470. The van der Waals surface area contributed by atoms with E-state index in [2.05, 4.69) is 48.3 Å². The molecule has 1 aromatic heterocycles. The van der Waals surface area contributed by atoms with Crippen molar-refractivity contribution >= 4 is 23.2 Å². The van der Waals surface area contributed by atoms with Crippen LogP contribution in [0.25, 0.3) is 11.4 Å². The second kappa shape index (κ2) is 13.9. The van der Waals surface area contributed by atoms with Gasteiger partial charge in [0, 0.05) is 56.1 Å². The van der Waals surface area contributed by atoms with Gasteiger partial charge in [0.2, 0.25) is 11.9 Å². The largest absolute Gasteiger partial charge is 0.486 e. The maximum absolute atomic E-state index is 14.7. The number of amides is 1. The zero-order valence-electron chi connectivity index (χ0n) is 23.6. The minimum Gasteiger partial charge on any atom is -0.486 e. The Labute approximate surface area is 256 Å². The third-order valence-electron chi connectivity index (χ3n) is 8.12. The standard InChI is InChI=1S/C30H33FN8O4.CH4/c31-25-15-39(28(41)16-40)8-7-27(25)43-26-6-1-20(13-21(26)14-32)29-33-19-34-30(36-29)35-22-2-4-23(5-3-22)37-9-11-38(12-10-37)24-17-42-18-24;/h1-6,13,19,24-25,27,40H,7-12,15-18H2,(H,33,34,35,36);1H4/t25-,27+;/m1./s1. The number of hydrogen-bond acceptors (Lipinski definition) is 11. The van der Waals surface area contributed by atoms with Crippen molar-refractivity contribution in [2.24, 2.45) is 0 Å². The lowest BCUT2D eigenvalue weighted by Gasteiger charge is -2.43. The number of carbonyl (C=O) groups is 1. The molecule has 44 heavy (non-hydrogen) atoms. The quantitative estimate of drug-likeness (QED) is 0.392. The molecular formula is C31H37FN8O4. The number of ether oxygens (including phenoxy) is 2. The molecule has 3 saturated heterocycles. The van der Waals surface area contributed by atoms with Crippen LogP contribution in [0.3, 0.4) is 0 Å². The molecule has 13 heteroatoms. The first-order valence-corrected chi connectivity index (χ1v) is 14.4. The van der Waals surface area contributed by atoms with E-state index in [0.717, 1.165) is 45.1 Å². The van der Waals surface area contributed by atoms with Gasteiger partial charge in [-0.2, -0.15) is 10.2 Å². The number of benzene rings is 2. The molecule has 2 atom stereocenters. The topological polar surface area (TPSA) is 140 Å². The first-order valence-electron chi connectivity index (χ1n) is 14.4. The average molecular weight is 605 g/mol. The average Bonchev–Trinajstić information content (AvgIpc) is 3.02. The number of aliphatic hydroxyl groups excluding tert-OH is 1. The Hall–Kier alpha value is -4.38. The number of alkyl halides is 1. The van der Waals surface area contributed by atoms with Crippen LogP contribution in [0.4, 0.5) is 21.7 Å². The number of anilines is 3. The van der Waals surface area contributed by atoms with Crippen molar-refractivity contribution in [2.45, 2.75) is 32.2 Å². The Morgan fingerprint density at radius 1 is 1.11 bits per heavy atom. The highest BCUT2D eigenvalue weighted by Gasteiger charge is 2.33. The molecule has 0 spiro atoms. The normalized spacial score (nSPS) is 20.7. The highest BCUT2D eigenvalue weighted by Crippen LogP contribution is 2.29. The van der Waals surface area contributed by atoms with E-state index in [1.807, 2.05) is 12.1 Å². The Kier molecular flexibility index (Phi) is 9.84. The van der Waals surface area contributed by atoms with E-state index in [9.17, 15) is 14.4 Å². The van der Waals surface area contributed by atoms with Crippen LogP contribution in [0, 0.1) is 11.3 Å². The third kappa shape index (κ3) is 6.88. The van der Waals surface area contributed by atoms with Gasteiger partial charge in [-0.3, -0.25) is 9.69 Å². The summed E-state index contributed by atoms with van der Waals surface area (Å²) in [4.78, 5) is 30.9. The van der Waals surface area contributed by atoms with Crippen molar-refractivity contribution in [2.75, 3.05) is 69.3 Å². The molecule has 4 heterocycles. The maximum atomic E-state index is 14.7. The molecule has 3 fully saturated rings. The zero-order chi connectivity index (χ0) is 29.8. The van der Waals surface area contributed by atoms with Crippen molar-refractivity contribution < 1.29 is 23.8 Å². The van der Waals surface area contributed by atoms with Gasteiger partial charge >= 0.3 is 0 Å². The number of carbonyl (C=O) groups excluding carboxylic acids is 1. The third-order valence-corrected chi connectivity index (χ3v) is 8.12. The van der Waals surface area contributed by atoms with E-state index in [0.29, 0.717) is 23.4 Å². The number of hydrogen-bond donors (Lipinski definition) is 2. The Morgan fingerprint density at radius 2 is 1.89 bits per heavy atom. The van der Waals surface area contributed by atoms with E-state index in [1.54, 1.807) is 18.2 Å². The van der Waals surface area contributed by atoms with Gasteiger partial charge in [0.15, 0.2) is 12.0 Å². The highest BCUT2D eigenvalue weighted by molar-refractivity contribution is 5.77. The predicted octanol–water partition coefficient (Wildman–Crippen LogP) is 2.62. The number of nitrogens with zero attached hydrogens (tertiary/aromatic N) is 7. The molecule has 2 aromatic carbocycles. The number of nitriles is 1.